The molecule has 0 aliphatic heterocycles. The van der Waals surface area contributed by atoms with Crippen molar-refractivity contribution in [1.29, 1.82) is 0 Å². The predicted molar refractivity (Wildman–Crippen MR) is 116 cm³/mol. The third-order valence-electron chi connectivity index (χ3n) is 4.58. The quantitative estimate of drug-likeness (QED) is 0.611. The standard InChI is InChI=1S/C21H23B3O4/c1-16-4-10-19(11-5-16)22(25)27-24(21-14-8-18(3)9-15-21)28-23(26)20-12-6-17(2)7-13-20/h4-15,25-26H,1-3H3. The van der Waals surface area contributed by atoms with Crippen molar-refractivity contribution >= 4 is 37.7 Å². The van der Waals surface area contributed by atoms with E-state index in [2.05, 4.69) is 0 Å². The van der Waals surface area contributed by atoms with E-state index in [0.717, 1.165) is 16.7 Å². The maximum Gasteiger partial charge on any atom is 0.477 e. The molecule has 0 aliphatic carbocycles. The fourth-order valence-corrected chi connectivity index (χ4v) is 2.77. The predicted octanol–water partition coefficient (Wildman–Crippen LogP) is 1.12. The van der Waals surface area contributed by atoms with Crippen LogP contribution >= 0.6 is 0 Å². The van der Waals surface area contributed by atoms with Gasteiger partial charge in [-0.2, -0.15) is 0 Å². The van der Waals surface area contributed by atoms with Crippen LogP contribution in [0.3, 0.4) is 0 Å². The van der Waals surface area contributed by atoms with Crippen LogP contribution in [0.2, 0.25) is 0 Å². The summed E-state index contributed by atoms with van der Waals surface area (Å²) < 4.78 is 11.6. The number of aryl methyl sites for hydroxylation is 3. The van der Waals surface area contributed by atoms with Gasteiger partial charge in [0.1, 0.15) is 0 Å². The second-order valence-electron chi connectivity index (χ2n) is 7.04. The Kier molecular flexibility index (Phi) is 6.76. The highest BCUT2D eigenvalue weighted by Gasteiger charge is 2.33. The van der Waals surface area contributed by atoms with E-state index in [1.807, 2.05) is 93.6 Å². The Labute approximate surface area is 167 Å². The fraction of sp³-hybridized carbons (Fsp3) is 0.143. The average molecular weight is 372 g/mol. The van der Waals surface area contributed by atoms with Crippen LogP contribution < -0.4 is 16.4 Å². The van der Waals surface area contributed by atoms with Gasteiger partial charge in [0, 0.05) is 0 Å². The maximum absolute atomic E-state index is 10.5. The first-order valence-electron chi connectivity index (χ1n) is 9.29. The summed E-state index contributed by atoms with van der Waals surface area (Å²) >= 11 is 0. The third-order valence-corrected chi connectivity index (χ3v) is 4.58. The largest absolute Gasteiger partial charge is 0.477 e. The second kappa shape index (κ2) is 9.26. The van der Waals surface area contributed by atoms with Gasteiger partial charge in [0.15, 0.2) is 0 Å². The Bertz CT molecular complexity index is 830. The molecule has 7 heteroatoms. The van der Waals surface area contributed by atoms with E-state index in [9.17, 15) is 10.0 Å². The summed E-state index contributed by atoms with van der Waals surface area (Å²) in [5.74, 6) is 0. The van der Waals surface area contributed by atoms with Gasteiger partial charge in [-0.25, -0.2) is 0 Å². The maximum atomic E-state index is 10.5. The molecule has 3 rings (SSSR count). The zero-order valence-corrected chi connectivity index (χ0v) is 16.4. The zero-order valence-electron chi connectivity index (χ0n) is 16.4. The summed E-state index contributed by atoms with van der Waals surface area (Å²) in [6.45, 7) is 5.95. The van der Waals surface area contributed by atoms with E-state index in [4.69, 9.17) is 9.14 Å². The number of rotatable bonds is 7. The van der Waals surface area contributed by atoms with Crippen molar-refractivity contribution in [3.63, 3.8) is 0 Å². The summed E-state index contributed by atoms with van der Waals surface area (Å²) in [5.41, 5.74) is 5.24. The van der Waals surface area contributed by atoms with Gasteiger partial charge in [-0.05, 0) is 37.2 Å². The van der Waals surface area contributed by atoms with Gasteiger partial charge in [0.25, 0.3) is 0 Å². The van der Waals surface area contributed by atoms with E-state index in [0.29, 0.717) is 16.4 Å². The van der Waals surface area contributed by atoms with Crippen LogP contribution in [0.5, 0.6) is 0 Å². The van der Waals surface area contributed by atoms with E-state index in [-0.39, 0.29) is 0 Å². The molecule has 0 aliphatic rings. The molecule has 0 heterocycles. The molecule has 4 nitrogen and oxygen atoms in total. The van der Waals surface area contributed by atoms with Crippen LogP contribution in [-0.2, 0) is 9.14 Å². The van der Waals surface area contributed by atoms with Crippen LogP contribution in [0.1, 0.15) is 16.7 Å². The van der Waals surface area contributed by atoms with Crippen LogP contribution in [0.25, 0.3) is 0 Å². The average Bonchev–Trinajstić information content (AvgIpc) is 2.69. The number of hydrogen-bond donors (Lipinski definition) is 2. The second-order valence-corrected chi connectivity index (χ2v) is 7.04. The first-order valence-corrected chi connectivity index (χ1v) is 9.29. The summed E-state index contributed by atoms with van der Waals surface area (Å²) in [4.78, 5) is 0. The molecule has 0 saturated heterocycles. The van der Waals surface area contributed by atoms with Crippen molar-refractivity contribution in [1.82, 2.24) is 0 Å². The molecule has 140 valence electrons. The lowest BCUT2D eigenvalue weighted by molar-refractivity contribution is 0.356. The lowest BCUT2D eigenvalue weighted by atomic mass is 9.67. The molecule has 0 aromatic heterocycles. The minimum absolute atomic E-state index is 0.621. The minimum atomic E-state index is -1.18. The Morgan fingerprint density at radius 2 is 0.786 bits per heavy atom. The lowest BCUT2D eigenvalue weighted by Gasteiger charge is -2.20. The Hall–Kier alpha value is -2.31. The van der Waals surface area contributed by atoms with E-state index in [1.165, 1.54) is 0 Å². The van der Waals surface area contributed by atoms with E-state index < -0.39 is 21.4 Å². The molecule has 0 amide bonds. The molecule has 0 saturated carbocycles. The van der Waals surface area contributed by atoms with Gasteiger partial charge in [0.2, 0.25) is 0 Å². The zero-order chi connectivity index (χ0) is 20.1. The monoisotopic (exact) mass is 372 g/mol. The molecule has 0 fully saturated rings. The Morgan fingerprint density at radius 1 is 0.500 bits per heavy atom. The summed E-state index contributed by atoms with van der Waals surface area (Å²) in [6.07, 6.45) is 0. The van der Waals surface area contributed by atoms with Crippen LogP contribution in [0.4, 0.5) is 0 Å². The van der Waals surface area contributed by atoms with Gasteiger partial charge >= 0.3 is 21.4 Å². The van der Waals surface area contributed by atoms with Gasteiger partial charge in [-0.3, -0.25) is 0 Å². The van der Waals surface area contributed by atoms with Crippen molar-refractivity contribution < 1.29 is 19.2 Å². The lowest BCUT2D eigenvalue weighted by Crippen LogP contribution is -2.51. The van der Waals surface area contributed by atoms with Gasteiger partial charge in [0.05, 0.1) is 0 Å². The van der Waals surface area contributed by atoms with Crippen molar-refractivity contribution in [2.45, 2.75) is 20.8 Å². The van der Waals surface area contributed by atoms with Crippen LogP contribution in [0.15, 0.2) is 72.8 Å². The van der Waals surface area contributed by atoms with Crippen LogP contribution in [0, 0.1) is 20.8 Å². The Morgan fingerprint density at radius 3 is 1.11 bits per heavy atom. The SMILES string of the molecule is Cc1ccc(B(O)OB(OB(O)c2ccc(C)cc2)c2ccc(C)cc2)cc1. The molecule has 3 aromatic rings. The molecule has 0 spiro atoms. The van der Waals surface area contributed by atoms with Crippen molar-refractivity contribution in [2.24, 2.45) is 0 Å². The topological polar surface area (TPSA) is 58.9 Å². The summed E-state index contributed by atoms with van der Waals surface area (Å²) in [7, 11) is -3.30. The van der Waals surface area contributed by atoms with Gasteiger partial charge in [-0.1, -0.05) is 89.5 Å². The fourth-order valence-electron chi connectivity index (χ4n) is 2.77. The van der Waals surface area contributed by atoms with Gasteiger partial charge < -0.3 is 19.2 Å². The van der Waals surface area contributed by atoms with Gasteiger partial charge in [-0.15, -0.1) is 0 Å². The molecular formula is C21H23B3O4. The van der Waals surface area contributed by atoms with Crippen LogP contribution in [-0.4, -0.2) is 31.4 Å². The molecule has 0 unspecified atom stereocenters. The molecule has 28 heavy (non-hydrogen) atoms. The highest BCUT2D eigenvalue weighted by molar-refractivity contribution is 6.79. The van der Waals surface area contributed by atoms with Crippen molar-refractivity contribution in [2.75, 3.05) is 0 Å². The Balaban J connectivity index is 1.81. The molecule has 0 bridgehead atoms. The van der Waals surface area contributed by atoms with Crippen molar-refractivity contribution in [3.8, 4) is 0 Å². The molecule has 3 aromatic carbocycles. The normalized spacial score (nSPS) is 10.6. The molecule has 0 atom stereocenters. The summed E-state index contributed by atoms with van der Waals surface area (Å²) in [6, 6.07) is 22.5. The van der Waals surface area contributed by atoms with Crippen molar-refractivity contribution in [3.05, 3.63) is 89.5 Å². The first-order chi connectivity index (χ1) is 13.4. The number of benzene rings is 3. The minimum Gasteiger partial charge on any atom is -0.444 e. The number of hydrogen-bond acceptors (Lipinski definition) is 4. The highest BCUT2D eigenvalue weighted by atomic mass is 16.6. The third kappa shape index (κ3) is 5.36. The first kappa shape index (κ1) is 20.4. The molecular weight excluding hydrogens is 349 g/mol. The summed E-state index contributed by atoms with van der Waals surface area (Å²) in [5, 5.41) is 21.1. The van der Waals surface area contributed by atoms with E-state index >= 15 is 0 Å². The smallest absolute Gasteiger partial charge is 0.444 e. The molecule has 2 N–H and O–H groups in total. The van der Waals surface area contributed by atoms with E-state index in [1.54, 1.807) is 0 Å². The molecule has 0 radical (unpaired) electrons. The highest BCUT2D eigenvalue weighted by Crippen LogP contribution is 2.03.